The van der Waals surface area contributed by atoms with Crippen molar-refractivity contribution >= 4 is 46.6 Å². The van der Waals surface area contributed by atoms with E-state index >= 15 is 0 Å². The minimum Gasteiger partial charge on any atom is -0.378 e. The molecule has 1 saturated heterocycles. The van der Waals surface area contributed by atoms with Gasteiger partial charge in [-0.25, -0.2) is 4.68 Å². The number of morpholine rings is 1. The summed E-state index contributed by atoms with van der Waals surface area (Å²) in [6, 6.07) is 16.5. The Morgan fingerprint density at radius 3 is 2.55 bits per heavy atom. The quantitative estimate of drug-likeness (QED) is 0.415. The van der Waals surface area contributed by atoms with Crippen molar-refractivity contribution in [1.29, 1.82) is 5.26 Å². The van der Waals surface area contributed by atoms with E-state index in [1.54, 1.807) is 25.1 Å². The van der Waals surface area contributed by atoms with E-state index in [1.807, 2.05) is 36.4 Å². The van der Waals surface area contributed by atoms with Gasteiger partial charge in [0.05, 0.1) is 24.6 Å². The zero-order valence-electron chi connectivity index (χ0n) is 17.9. The Hall–Kier alpha value is -3.31. The minimum atomic E-state index is -0.525. The van der Waals surface area contributed by atoms with Crippen LogP contribution in [0.15, 0.2) is 54.1 Å². The van der Waals surface area contributed by atoms with Crippen LogP contribution < -0.4 is 10.2 Å². The molecule has 9 heteroatoms. The Morgan fingerprint density at radius 1 is 1.15 bits per heavy atom. The molecule has 168 valence electrons. The summed E-state index contributed by atoms with van der Waals surface area (Å²) in [5, 5.41) is 17.6. The largest absolute Gasteiger partial charge is 0.378 e. The first-order chi connectivity index (χ1) is 16.0. The molecular weight excluding hydrogens is 461 g/mol. The number of anilines is 2. The molecule has 2 aromatic carbocycles. The first kappa shape index (κ1) is 22.9. The minimum absolute atomic E-state index is 0.0806. The van der Waals surface area contributed by atoms with Gasteiger partial charge in [0.25, 0.3) is 5.91 Å². The Labute approximate surface area is 201 Å². The summed E-state index contributed by atoms with van der Waals surface area (Å²) in [4.78, 5) is 15.0. The van der Waals surface area contributed by atoms with Crippen LogP contribution in [0, 0.1) is 18.3 Å². The maximum Gasteiger partial charge on any atom is 0.266 e. The summed E-state index contributed by atoms with van der Waals surface area (Å²) in [6.45, 7) is 4.82. The lowest BCUT2D eigenvalue weighted by atomic mass is 10.1. The highest BCUT2D eigenvalue weighted by Gasteiger charge is 2.17. The van der Waals surface area contributed by atoms with Crippen molar-refractivity contribution in [2.75, 3.05) is 36.5 Å². The summed E-state index contributed by atoms with van der Waals surface area (Å²) in [6.07, 6.45) is 1.45. The Morgan fingerprint density at radius 2 is 1.88 bits per heavy atom. The number of nitrogens with one attached hydrogen (secondary N) is 1. The predicted molar refractivity (Wildman–Crippen MR) is 130 cm³/mol. The molecular formula is C24H21Cl2N5O2. The van der Waals surface area contributed by atoms with E-state index in [9.17, 15) is 10.1 Å². The summed E-state index contributed by atoms with van der Waals surface area (Å²) < 4.78 is 6.90. The first-order valence-electron chi connectivity index (χ1n) is 10.3. The zero-order chi connectivity index (χ0) is 23.4. The molecule has 0 radical (unpaired) electrons. The third kappa shape index (κ3) is 5.20. The van der Waals surface area contributed by atoms with Crippen molar-refractivity contribution in [3.63, 3.8) is 0 Å². The van der Waals surface area contributed by atoms with Gasteiger partial charge in [0, 0.05) is 35.1 Å². The number of benzene rings is 2. The molecule has 0 saturated carbocycles. The van der Waals surface area contributed by atoms with Crippen LogP contribution in [0.25, 0.3) is 11.8 Å². The molecule has 0 aliphatic carbocycles. The number of nitrogens with zero attached hydrogens (tertiary/aromatic N) is 4. The fourth-order valence-corrected chi connectivity index (χ4v) is 4.03. The molecule has 0 unspecified atom stereocenters. The number of hydrogen-bond donors (Lipinski definition) is 1. The van der Waals surface area contributed by atoms with Gasteiger partial charge in [-0.2, -0.15) is 10.4 Å². The Bertz CT molecular complexity index is 1240. The van der Waals surface area contributed by atoms with Gasteiger partial charge in [0.15, 0.2) is 0 Å². The molecule has 1 aromatic heterocycles. The second-order valence-electron chi connectivity index (χ2n) is 7.45. The molecule has 1 fully saturated rings. The number of halogens is 2. The molecule has 33 heavy (non-hydrogen) atoms. The highest BCUT2D eigenvalue weighted by atomic mass is 35.5. The lowest BCUT2D eigenvalue weighted by Gasteiger charge is -2.28. The molecule has 7 nitrogen and oxygen atoms in total. The number of carbonyl (C=O) groups excluding carboxylic acids is 1. The van der Waals surface area contributed by atoms with E-state index in [1.165, 1.54) is 10.8 Å². The molecule has 0 spiro atoms. The standard InChI is InChI=1S/C24H21Cl2N5O2/c1-16-22(23(26)31(29-16)21-4-2-3-18(25)14-21)13-17(15-27)24(32)28-19-5-7-20(8-6-19)30-9-11-33-12-10-30/h2-8,13-14H,9-12H2,1H3,(H,28,32). The second-order valence-corrected chi connectivity index (χ2v) is 8.25. The molecule has 0 atom stereocenters. The van der Waals surface area contributed by atoms with Gasteiger partial charge in [-0.15, -0.1) is 0 Å². The molecule has 3 aromatic rings. The van der Waals surface area contributed by atoms with E-state index in [4.69, 9.17) is 27.9 Å². The average Bonchev–Trinajstić information content (AvgIpc) is 3.11. The van der Waals surface area contributed by atoms with Gasteiger partial charge in [-0.3, -0.25) is 4.79 Å². The van der Waals surface area contributed by atoms with Crippen LogP contribution in [0.5, 0.6) is 0 Å². The number of aryl methyl sites for hydroxylation is 1. The third-order valence-corrected chi connectivity index (χ3v) is 5.85. The van der Waals surface area contributed by atoms with Crippen LogP contribution in [0.1, 0.15) is 11.3 Å². The first-order valence-corrected chi connectivity index (χ1v) is 11.1. The highest BCUT2D eigenvalue weighted by Crippen LogP contribution is 2.27. The second kappa shape index (κ2) is 10.1. The molecule has 1 amide bonds. The van der Waals surface area contributed by atoms with Crippen molar-refractivity contribution in [1.82, 2.24) is 9.78 Å². The van der Waals surface area contributed by atoms with Crippen LogP contribution in [0.3, 0.4) is 0 Å². The molecule has 2 heterocycles. The zero-order valence-corrected chi connectivity index (χ0v) is 19.4. The average molecular weight is 482 g/mol. The molecule has 0 bridgehead atoms. The number of aromatic nitrogens is 2. The molecule has 4 rings (SSSR count). The van der Waals surface area contributed by atoms with Crippen LogP contribution in [0.2, 0.25) is 10.2 Å². The fourth-order valence-electron chi connectivity index (χ4n) is 3.52. The van der Waals surface area contributed by atoms with Crippen LogP contribution >= 0.6 is 23.2 Å². The van der Waals surface area contributed by atoms with E-state index in [-0.39, 0.29) is 10.7 Å². The van der Waals surface area contributed by atoms with Gasteiger partial charge >= 0.3 is 0 Å². The van der Waals surface area contributed by atoms with Crippen molar-refractivity contribution in [2.24, 2.45) is 0 Å². The monoisotopic (exact) mass is 481 g/mol. The normalized spacial score (nSPS) is 14.1. The third-order valence-electron chi connectivity index (χ3n) is 5.26. The SMILES string of the molecule is Cc1nn(-c2cccc(Cl)c2)c(Cl)c1C=C(C#N)C(=O)Nc1ccc(N2CCOCC2)cc1. The predicted octanol–water partition coefficient (Wildman–Crippen LogP) is 4.87. The number of nitriles is 1. The molecule has 1 N–H and O–H groups in total. The van der Waals surface area contributed by atoms with Gasteiger partial charge in [-0.05, 0) is 55.5 Å². The molecule has 1 aliphatic heterocycles. The van der Waals surface area contributed by atoms with Crippen molar-refractivity contribution < 1.29 is 9.53 Å². The van der Waals surface area contributed by atoms with Crippen molar-refractivity contribution in [3.8, 4) is 11.8 Å². The Balaban J connectivity index is 1.53. The van der Waals surface area contributed by atoms with Gasteiger partial charge in [0.1, 0.15) is 16.8 Å². The van der Waals surface area contributed by atoms with Crippen LogP contribution in [-0.2, 0) is 9.53 Å². The van der Waals surface area contributed by atoms with Gasteiger partial charge in [0.2, 0.25) is 0 Å². The van der Waals surface area contributed by atoms with Crippen molar-refractivity contribution in [2.45, 2.75) is 6.92 Å². The summed E-state index contributed by atoms with van der Waals surface area (Å²) in [5.41, 5.74) is 3.32. The lowest BCUT2D eigenvalue weighted by molar-refractivity contribution is -0.112. The number of ether oxygens (including phenoxy) is 1. The summed E-state index contributed by atoms with van der Waals surface area (Å²) in [7, 11) is 0. The number of hydrogen-bond acceptors (Lipinski definition) is 5. The van der Waals surface area contributed by atoms with E-state index in [0.29, 0.717) is 40.9 Å². The van der Waals surface area contributed by atoms with E-state index in [2.05, 4.69) is 15.3 Å². The molecule has 1 aliphatic rings. The maximum atomic E-state index is 12.8. The summed E-state index contributed by atoms with van der Waals surface area (Å²) >= 11 is 12.6. The van der Waals surface area contributed by atoms with Gasteiger partial charge in [-0.1, -0.05) is 29.3 Å². The number of rotatable bonds is 5. The topological polar surface area (TPSA) is 83.2 Å². The number of amides is 1. The number of carbonyl (C=O) groups is 1. The smallest absolute Gasteiger partial charge is 0.266 e. The summed E-state index contributed by atoms with van der Waals surface area (Å²) in [5.74, 6) is -0.525. The van der Waals surface area contributed by atoms with E-state index < -0.39 is 5.91 Å². The lowest BCUT2D eigenvalue weighted by Crippen LogP contribution is -2.36. The van der Waals surface area contributed by atoms with Crippen LogP contribution in [0.4, 0.5) is 11.4 Å². The fraction of sp³-hybridized carbons (Fsp3) is 0.208. The van der Waals surface area contributed by atoms with Crippen molar-refractivity contribution in [3.05, 3.63) is 75.5 Å². The maximum absolute atomic E-state index is 12.8. The van der Waals surface area contributed by atoms with Gasteiger partial charge < -0.3 is 15.0 Å². The van der Waals surface area contributed by atoms with Crippen LogP contribution in [-0.4, -0.2) is 42.0 Å². The van der Waals surface area contributed by atoms with E-state index in [0.717, 1.165) is 18.8 Å². The Kier molecular flexibility index (Phi) is 6.99. The highest BCUT2D eigenvalue weighted by molar-refractivity contribution is 6.32.